The van der Waals surface area contributed by atoms with Crippen molar-refractivity contribution in [1.29, 1.82) is 0 Å². The number of Topliss-reactive ketones (excluding diaryl/α,β-unsaturated/α-hetero) is 1. The first-order chi connectivity index (χ1) is 12.8. The lowest BCUT2D eigenvalue weighted by atomic mass is 9.96. The maximum atomic E-state index is 12.6. The Morgan fingerprint density at radius 3 is 2.63 bits per heavy atom. The van der Waals surface area contributed by atoms with Crippen LogP contribution in [0.15, 0.2) is 6.07 Å². The van der Waals surface area contributed by atoms with Gasteiger partial charge in [-0.1, -0.05) is 11.6 Å². The molecule has 2 aliphatic heterocycles. The molecule has 0 spiro atoms. The molecule has 27 heavy (non-hydrogen) atoms. The normalized spacial score (nSPS) is 29.3. The van der Waals surface area contributed by atoms with Crippen LogP contribution in [0.5, 0.6) is 11.5 Å². The highest BCUT2D eigenvalue weighted by atomic mass is 35.5. The van der Waals surface area contributed by atoms with Gasteiger partial charge >= 0.3 is 5.97 Å². The lowest BCUT2D eigenvalue weighted by Gasteiger charge is -2.19. The maximum Gasteiger partial charge on any atom is 0.342 e. The number of methoxy groups -OCH3 is 1. The molecule has 3 unspecified atom stereocenters. The Balaban J connectivity index is 1.95. The topological polar surface area (TPSA) is 106 Å². The number of hydrogen-bond donors (Lipinski definition) is 2. The van der Waals surface area contributed by atoms with E-state index in [1.54, 1.807) is 14.0 Å². The second-order valence-electron chi connectivity index (χ2n) is 7.10. The number of phenols is 2. The van der Waals surface area contributed by atoms with Crippen molar-refractivity contribution < 1.29 is 34.0 Å². The summed E-state index contributed by atoms with van der Waals surface area (Å²) in [6.45, 7) is 1.74. The number of halogens is 1. The Morgan fingerprint density at radius 1 is 1.19 bits per heavy atom. The van der Waals surface area contributed by atoms with Crippen LogP contribution in [-0.2, 0) is 25.4 Å². The van der Waals surface area contributed by atoms with Gasteiger partial charge in [0.15, 0.2) is 0 Å². The van der Waals surface area contributed by atoms with Gasteiger partial charge in [0.25, 0.3) is 0 Å². The fourth-order valence-electron chi connectivity index (χ4n) is 3.51. The number of benzene rings is 1. The minimum atomic E-state index is -0.790. The quantitative estimate of drug-likeness (QED) is 0.553. The fourth-order valence-corrected chi connectivity index (χ4v) is 3.73. The van der Waals surface area contributed by atoms with Crippen LogP contribution in [0, 0.1) is 0 Å². The summed E-state index contributed by atoms with van der Waals surface area (Å²) >= 11 is 6.13. The van der Waals surface area contributed by atoms with Crippen LogP contribution in [0.4, 0.5) is 0 Å². The van der Waals surface area contributed by atoms with E-state index in [-0.39, 0.29) is 53.1 Å². The van der Waals surface area contributed by atoms with Crippen molar-refractivity contribution in [2.24, 2.45) is 0 Å². The number of rotatable bonds is 1. The highest BCUT2D eigenvalue weighted by Gasteiger charge is 2.40. The van der Waals surface area contributed by atoms with Crippen LogP contribution in [0.25, 0.3) is 0 Å². The van der Waals surface area contributed by atoms with Crippen molar-refractivity contribution in [3.63, 3.8) is 0 Å². The molecule has 4 atom stereocenters. The average Bonchev–Trinajstić information content (AvgIpc) is 3.32. The van der Waals surface area contributed by atoms with Crippen LogP contribution in [0.3, 0.4) is 0 Å². The summed E-state index contributed by atoms with van der Waals surface area (Å²) in [6, 6.07) is 0.971. The number of hydrogen-bond acceptors (Lipinski definition) is 7. The zero-order chi connectivity index (χ0) is 19.7. The molecule has 1 fully saturated rings. The summed E-state index contributed by atoms with van der Waals surface area (Å²) in [5, 5.41) is 19.9. The van der Waals surface area contributed by atoms with Crippen LogP contribution in [0.1, 0.15) is 48.5 Å². The molecule has 2 aliphatic rings. The first kappa shape index (κ1) is 19.9. The third kappa shape index (κ3) is 4.54. The summed E-state index contributed by atoms with van der Waals surface area (Å²) in [5.74, 6) is -1.89. The molecule has 2 N–H and O–H groups in total. The van der Waals surface area contributed by atoms with E-state index in [4.69, 9.17) is 25.8 Å². The van der Waals surface area contributed by atoms with Crippen molar-refractivity contribution in [1.82, 2.24) is 0 Å². The molecule has 7 nitrogen and oxygen atoms in total. The van der Waals surface area contributed by atoms with Gasteiger partial charge in [-0.25, -0.2) is 4.79 Å². The SMILES string of the molecule is COC1CCC2OC2C[C@@H](C)OC(=O)c2c(O)cc(O)c(Cl)c2CC(=O)C1. The van der Waals surface area contributed by atoms with E-state index in [0.29, 0.717) is 12.8 Å². The van der Waals surface area contributed by atoms with Crippen LogP contribution < -0.4 is 0 Å². The molecule has 0 radical (unpaired) electrons. The minimum absolute atomic E-state index is 0.000390. The molecule has 8 heteroatoms. The number of fused-ring (bicyclic) bond motifs is 2. The molecular formula is C19H23ClO7. The lowest BCUT2D eigenvalue weighted by Crippen LogP contribution is -2.23. The van der Waals surface area contributed by atoms with Crippen molar-refractivity contribution in [2.45, 2.75) is 63.4 Å². The van der Waals surface area contributed by atoms with Crippen LogP contribution in [-0.4, -0.2) is 53.5 Å². The van der Waals surface area contributed by atoms with Gasteiger partial charge in [0.1, 0.15) is 28.9 Å². The predicted molar refractivity (Wildman–Crippen MR) is 96.3 cm³/mol. The third-order valence-corrected chi connectivity index (χ3v) is 5.44. The van der Waals surface area contributed by atoms with E-state index in [1.165, 1.54) is 0 Å². The molecule has 0 aliphatic carbocycles. The van der Waals surface area contributed by atoms with Crippen molar-refractivity contribution in [3.05, 3.63) is 22.2 Å². The van der Waals surface area contributed by atoms with Gasteiger partial charge in [-0.2, -0.15) is 0 Å². The number of carbonyl (C=O) groups is 2. The van der Waals surface area contributed by atoms with Gasteiger partial charge in [-0.05, 0) is 19.8 Å². The third-order valence-electron chi connectivity index (χ3n) is 5.02. The Morgan fingerprint density at radius 2 is 1.93 bits per heavy atom. The average molecular weight is 399 g/mol. The summed E-state index contributed by atoms with van der Waals surface area (Å²) in [4.78, 5) is 25.2. The fraction of sp³-hybridized carbons (Fsp3) is 0.579. The Bertz CT molecular complexity index is 748. The molecule has 2 heterocycles. The minimum Gasteiger partial charge on any atom is -0.507 e. The van der Waals surface area contributed by atoms with Crippen molar-refractivity contribution in [3.8, 4) is 11.5 Å². The summed E-state index contributed by atoms with van der Waals surface area (Å²) in [6.07, 6.45) is 1.24. The van der Waals surface area contributed by atoms with Gasteiger partial charge in [-0.15, -0.1) is 0 Å². The van der Waals surface area contributed by atoms with E-state index < -0.39 is 23.6 Å². The van der Waals surface area contributed by atoms with Crippen molar-refractivity contribution >= 4 is 23.4 Å². The number of ketones is 1. The second kappa shape index (κ2) is 8.04. The van der Waals surface area contributed by atoms with Gasteiger partial charge in [0, 0.05) is 38.0 Å². The highest BCUT2D eigenvalue weighted by molar-refractivity contribution is 6.33. The molecule has 0 bridgehead atoms. The number of carbonyl (C=O) groups excluding carboxylic acids is 2. The van der Waals surface area contributed by atoms with Gasteiger partial charge in [0.2, 0.25) is 0 Å². The smallest absolute Gasteiger partial charge is 0.342 e. The molecule has 1 saturated heterocycles. The number of esters is 1. The largest absolute Gasteiger partial charge is 0.507 e. The molecule has 0 aromatic heterocycles. The van der Waals surface area contributed by atoms with Gasteiger partial charge in [-0.3, -0.25) is 4.79 Å². The Labute approximate surface area is 162 Å². The first-order valence-electron chi connectivity index (χ1n) is 8.94. The monoisotopic (exact) mass is 398 g/mol. The standard InChI is InChI=1S/C19H23ClO7/c1-9-5-16-15(27-16)4-3-11(25-2)6-10(21)7-12-17(19(24)26-9)13(22)8-14(23)18(12)20/h8-9,11,15-16,22-23H,3-7H2,1-2H3/t9-,11?,15?,16?/m1/s1. The molecule has 3 rings (SSSR count). The summed E-state index contributed by atoms with van der Waals surface area (Å²) in [5.41, 5.74) is -0.138. The maximum absolute atomic E-state index is 12.6. The van der Waals surface area contributed by atoms with Crippen molar-refractivity contribution in [2.75, 3.05) is 7.11 Å². The number of epoxide rings is 1. The van der Waals surface area contributed by atoms with E-state index >= 15 is 0 Å². The molecule has 0 saturated carbocycles. The lowest BCUT2D eigenvalue weighted by molar-refractivity contribution is -0.120. The Kier molecular flexibility index (Phi) is 5.93. The molecule has 0 amide bonds. The second-order valence-corrected chi connectivity index (χ2v) is 7.48. The molecule has 1 aromatic rings. The number of aromatic hydroxyl groups is 2. The van der Waals surface area contributed by atoms with Gasteiger partial charge < -0.3 is 24.4 Å². The van der Waals surface area contributed by atoms with Gasteiger partial charge in [0.05, 0.1) is 23.3 Å². The van der Waals surface area contributed by atoms with E-state index in [0.717, 1.165) is 12.5 Å². The van der Waals surface area contributed by atoms with Crippen LogP contribution in [0.2, 0.25) is 5.02 Å². The zero-order valence-corrected chi connectivity index (χ0v) is 16.0. The van der Waals surface area contributed by atoms with E-state index in [9.17, 15) is 19.8 Å². The molecule has 148 valence electrons. The van der Waals surface area contributed by atoms with E-state index in [1.807, 2.05) is 0 Å². The highest BCUT2D eigenvalue weighted by Crippen LogP contribution is 2.38. The number of cyclic esters (lactones) is 1. The zero-order valence-electron chi connectivity index (χ0n) is 15.2. The Hall–Kier alpha value is -1.83. The first-order valence-corrected chi connectivity index (χ1v) is 9.32. The summed E-state index contributed by atoms with van der Waals surface area (Å²) in [7, 11) is 1.55. The molecule has 1 aromatic carbocycles. The van der Waals surface area contributed by atoms with Crippen LogP contribution >= 0.6 is 11.6 Å². The molecular weight excluding hydrogens is 376 g/mol. The number of ether oxygens (including phenoxy) is 3. The summed E-state index contributed by atoms with van der Waals surface area (Å²) < 4.78 is 16.4. The number of phenolic OH excluding ortho intramolecular Hbond substituents is 2. The predicted octanol–water partition coefficient (Wildman–Crippen LogP) is 2.76. The van der Waals surface area contributed by atoms with E-state index in [2.05, 4.69) is 0 Å².